The van der Waals surface area contributed by atoms with Crippen molar-refractivity contribution >= 4 is 74.7 Å². The van der Waals surface area contributed by atoms with Crippen molar-refractivity contribution in [1.29, 1.82) is 0 Å². The van der Waals surface area contributed by atoms with Crippen LogP contribution in [0.25, 0.3) is 0 Å². The lowest BCUT2D eigenvalue weighted by Crippen LogP contribution is -2.36. The Morgan fingerprint density at radius 2 is 0.704 bits per heavy atom. The monoisotopic (exact) mass is 1480 g/mol. The minimum Gasteiger partial charge on any atom is -0.535 e. The summed E-state index contributed by atoms with van der Waals surface area (Å²) < 4.78 is 28.2. The number of nitrogens with zero attached hydrogens (tertiary/aromatic N) is 12. The second-order valence-electron chi connectivity index (χ2n) is 28.0. The molecule has 0 fully saturated rings. The van der Waals surface area contributed by atoms with Crippen molar-refractivity contribution in [2.75, 3.05) is 13.1 Å². The van der Waals surface area contributed by atoms with Crippen LogP contribution in [0.4, 0.5) is 0 Å². The van der Waals surface area contributed by atoms with Gasteiger partial charge in [-0.3, -0.25) is 38.4 Å². The first kappa shape index (κ1) is 82.0. The fourth-order valence-corrected chi connectivity index (χ4v) is 12.9. The zero-order valence-electron chi connectivity index (χ0n) is 61.9. The highest BCUT2D eigenvalue weighted by molar-refractivity contribution is 6.48. The van der Waals surface area contributed by atoms with Crippen molar-refractivity contribution in [3.63, 3.8) is 0 Å². The van der Waals surface area contributed by atoms with E-state index in [2.05, 4.69) is 65.7 Å². The molecule has 0 saturated heterocycles. The zero-order chi connectivity index (χ0) is 77.9. The Morgan fingerprint density at radius 3 is 0.981 bits per heavy atom. The van der Waals surface area contributed by atoms with E-state index in [1.165, 1.54) is 46.4 Å². The van der Waals surface area contributed by atoms with Gasteiger partial charge in [0.2, 0.25) is 0 Å². The number of hydrogen-bond acceptors (Lipinski definition) is 28. The van der Waals surface area contributed by atoms with Gasteiger partial charge < -0.3 is 60.8 Å². The molecule has 8 heterocycles. The van der Waals surface area contributed by atoms with Crippen molar-refractivity contribution < 1.29 is 77.1 Å². The molecule has 4 aromatic heterocycles. The van der Waals surface area contributed by atoms with Gasteiger partial charge in [-0.2, -0.15) is 0 Å². The lowest BCUT2D eigenvalue weighted by atomic mass is 9.64. The smallest absolute Gasteiger partial charge is 0.526 e. The molecule has 0 aliphatic carbocycles. The SMILES string of the molecule is CC(=O)c1cccc2c1OB(O)[C@@H](CC(=O)Cn1cc(CCN)nn1)C2.CC(=O)c1cccc2c1OB(O)[C@@H](CC(=O)Cn1cc(CCNC(C)C)nn1)C2.CC(=O)c1cccc2c1OB(O)[C@@H](CC(=O)Cn1cc(CN)nn1)C2.CC(=O)c1cccc2c1OB(O)[C@@H](CC(=O)Cn1cc(CNC(C)C)nn1)C2. The number of Topliss-reactive ketones (excluding diaryl/α,β-unsaturated/α-hetero) is 8. The molecule has 4 aliphatic rings. The predicted molar refractivity (Wildman–Crippen MR) is 398 cm³/mol. The average molecular weight is 1480 g/mol. The summed E-state index contributed by atoms with van der Waals surface area (Å²) in [7, 11) is -4.51. The van der Waals surface area contributed by atoms with E-state index in [0.29, 0.717) is 108 Å². The molecule has 12 rings (SSSR count). The van der Waals surface area contributed by atoms with Gasteiger partial charge >= 0.3 is 28.5 Å². The van der Waals surface area contributed by atoms with Gasteiger partial charge in [0.05, 0.1) is 57.4 Å². The minimum absolute atomic E-state index is 0.0550. The van der Waals surface area contributed by atoms with Gasteiger partial charge in [0.15, 0.2) is 46.3 Å². The van der Waals surface area contributed by atoms with E-state index in [0.717, 1.165) is 52.3 Å². The Kier molecular flexibility index (Phi) is 29.3. The van der Waals surface area contributed by atoms with Crippen LogP contribution in [0.15, 0.2) is 97.6 Å². The molecule has 8 aromatic rings. The number of rotatable bonds is 30. The maximum absolute atomic E-state index is 12.5. The lowest BCUT2D eigenvalue weighted by molar-refractivity contribution is -0.120. The number of carbonyl (C=O) groups is 8. The van der Waals surface area contributed by atoms with E-state index in [-0.39, 0.29) is 128 Å². The topological polar surface area (TPSA) is 453 Å². The van der Waals surface area contributed by atoms with Crippen LogP contribution < -0.4 is 40.7 Å². The van der Waals surface area contributed by atoms with Crippen LogP contribution in [0, 0.1) is 0 Å². The third-order valence-corrected chi connectivity index (χ3v) is 18.3. The maximum Gasteiger partial charge on any atom is 0.526 e. The van der Waals surface area contributed by atoms with E-state index in [1.807, 2.05) is 38.1 Å². The average Bonchev–Trinajstić information content (AvgIpc) is 1.04. The van der Waals surface area contributed by atoms with Crippen LogP contribution in [-0.4, -0.2) is 180 Å². The molecule has 32 nitrogen and oxygen atoms in total. The van der Waals surface area contributed by atoms with Gasteiger partial charge in [0.1, 0.15) is 49.2 Å². The number of carbonyl (C=O) groups excluding carboxylic acids is 8. The van der Waals surface area contributed by atoms with Crippen molar-refractivity contribution in [2.45, 2.75) is 194 Å². The molecule has 0 amide bonds. The highest BCUT2D eigenvalue weighted by Gasteiger charge is 2.41. The van der Waals surface area contributed by atoms with Crippen molar-refractivity contribution in [1.82, 2.24) is 70.6 Å². The molecule has 0 unspecified atom stereocenters. The molecule has 0 spiro atoms. The van der Waals surface area contributed by atoms with Crippen LogP contribution in [0.1, 0.15) is 168 Å². The van der Waals surface area contributed by atoms with Gasteiger partial charge in [0, 0.05) is 106 Å². The summed E-state index contributed by atoms with van der Waals surface area (Å²) in [6.45, 7) is 16.6. The normalized spacial score (nSPS) is 16.1. The first-order valence-corrected chi connectivity index (χ1v) is 36.0. The first-order chi connectivity index (χ1) is 51.6. The summed E-state index contributed by atoms with van der Waals surface area (Å²) in [6.07, 6.45) is 10.7. The molecule has 4 aliphatic heterocycles. The van der Waals surface area contributed by atoms with Crippen molar-refractivity contribution in [3.8, 4) is 23.0 Å². The molecule has 4 atom stereocenters. The largest absolute Gasteiger partial charge is 0.535 e. The summed E-state index contributed by atoms with van der Waals surface area (Å²) in [5.74, 6) is -0.573. The molecule has 568 valence electrons. The lowest BCUT2D eigenvalue weighted by Gasteiger charge is -2.28. The van der Waals surface area contributed by atoms with E-state index < -0.39 is 28.5 Å². The Morgan fingerprint density at radius 1 is 0.426 bits per heavy atom. The van der Waals surface area contributed by atoms with Gasteiger partial charge in [-0.15, -0.1) is 20.4 Å². The highest BCUT2D eigenvalue weighted by Crippen LogP contribution is 2.41. The maximum atomic E-state index is 12.5. The first-order valence-electron chi connectivity index (χ1n) is 36.0. The van der Waals surface area contributed by atoms with Crippen molar-refractivity contribution in [3.05, 3.63) is 165 Å². The molecular formula is C72H92B4N16O16. The van der Waals surface area contributed by atoms with E-state index in [9.17, 15) is 58.5 Å². The number of ketones is 8. The van der Waals surface area contributed by atoms with E-state index >= 15 is 0 Å². The molecule has 10 N–H and O–H groups in total. The van der Waals surface area contributed by atoms with Gasteiger partial charge in [-0.25, -0.2) is 18.7 Å². The van der Waals surface area contributed by atoms with Crippen LogP contribution >= 0.6 is 0 Å². The zero-order valence-corrected chi connectivity index (χ0v) is 61.9. The number of hydrogen-bond donors (Lipinski definition) is 8. The molecule has 0 saturated carbocycles. The fourth-order valence-electron chi connectivity index (χ4n) is 12.9. The summed E-state index contributed by atoms with van der Waals surface area (Å²) in [6, 6.07) is 22.0. The third kappa shape index (κ3) is 23.0. The molecule has 36 heteroatoms. The summed E-state index contributed by atoms with van der Waals surface area (Å²) in [4.78, 5) is 96.4. The Balaban J connectivity index is 0.000000166. The summed E-state index contributed by atoms with van der Waals surface area (Å²) in [5.41, 5.74) is 19.0. The number of nitrogens with two attached hydrogens (primary N) is 2. The van der Waals surface area contributed by atoms with Gasteiger partial charge in [-0.05, 0) is 106 Å². The Bertz CT molecular complexity index is 4490. The number of aromatic nitrogens is 12. The van der Waals surface area contributed by atoms with Crippen LogP contribution in [0.5, 0.6) is 23.0 Å². The van der Waals surface area contributed by atoms with Crippen molar-refractivity contribution in [2.24, 2.45) is 11.5 Å². The Hall–Kier alpha value is -10.1. The van der Waals surface area contributed by atoms with E-state index in [4.69, 9.17) is 30.1 Å². The van der Waals surface area contributed by atoms with E-state index in [1.54, 1.807) is 73.3 Å². The summed E-state index contributed by atoms with van der Waals surface area (Å²) >= 11 is 0. The van der Waals surface area contributed by atoms with Crippen LogP contribution in [0.2, 0.25) is 23.3 Å². The number of nitrogens with one attached hydrogen (secondary N) is 2. The fraction of sp³-hybridized carbons (Fsp3) is 0.444. The second kappa shape index (κ2) is 38.7. The number of benzene rings is 4. The van der Waals surface area contributed by atoms with Gasteiger partial charge in [-0.1, -0.05) is 97.1 Å². The highest BCUT2D eigenvalue weighted by atomic mass is 16.5. The van der Waals surface area contributed by atoms with Crippen LogP contribution in [0.3, 0.4) is 0 Å². The quantitative estimate of drug-likeness (QED) is 0.0235. The molecule has 4 aromatic carbocycles. The molecule has 0 radical (unpaired) electrons. The molecular weight excluding hydrogens is 1390 g/mol. The minimum atomic E-state index is -1.13. The number of fused-ring (bicyclic) bond motifs is 4. The second-order valence-corrected chi connectivity index (χ2v) is 28.0. The van der Waals surface area contributed by atoms with Crippen LogP contribution in [-0.2, 0) is 97.0 Å². The Labute approximate surface area is 626 Å². The molecule has 0 bridgehead atoms. The molecule has 108 heavy (non-hydrogen) atoms. The summed E-state index contributed by atoms with van der Waals surface area (Å²) in [5, 5.41) is 79.5. The predicted octanol–water partition coefficient (Wildman–Crippen LogP) is 3.70. The van der Waals surface area contributed by atoms with Gasteiger partial charge in [0.25, 0.3) is 0 Å². The standard InChI is InChI=1S/C20H27BN4O4.C19H25BN4O4.C17H21BN4O4.C16H19BN4O4/c1-13(2)22-8-7-17-11-25(24-23-17)12-18(27)10-16-9-15-5-4-6-19(14(3)26)20(15)29-21(16)28;1-12(2)21-9-16-10-24(23-22-16)11-17(26)8-15-7-14-5-4-6-18(13(3)25)19(14)28-20(15)27;1-11(23)16-4-2-3-12-7-13(18(25)26-17(12)16)8-15(24)10-22-9-14(5-6-19)20-21-22;1-10(22)15-4-2-3-11-5-12(17(24)25-16(11)15)6-14(23)9-21-8-13(7-18)19-20-21/h4-6,11,13,16,22,28H,7-10,12H2,1-3H3;4-6,10,12,15,21,27H,7-9,11H2,1-3H3;2-4,9,13,25H,5-8,10,19H2,1H3;2-4,8,12,24H,5-7,9,18H2,1H3/t16-;15-;13-;12-/m1111/s1. The third-order valence-electron chi connectivity index (χ3n) is 18.3. The number of para-hydroxylation sites is 4.